The number of halogens is 4. The van der Waals surface area contributed by atoms with Gasteiger partial charge in [-0.15, -0.1) is 0 Å². The summed E-state index contributed by atoms with van der Waals surface area (Å²) in [4.78, 5) is 13.1. The molecule has 10 heteroatoms. The zero-order chi connectivity index (χ0) is 31.6. The number of alkyl halides is 3. The molecule has 0 saturated carbocycles. The SMILES string of the molecule is C=C/C=C(/CNC(C)(C)c1ccc(C(F)(F)F)cc1)OCc1ccc(Cl)c(C(=O)N[C@@H](CN)Cc2ccc(C#N)cc2)c1. The molecule has 0 unspecified atom stereocenters. The molecule has 6 nitrogen and oxygen atoms in total. The lowest BCUT2D eigenvalue weighted by atomic mass is 9.93. The third kappa shape index (κ3) is 9.72. The van der Waals surface area contributed by atoms with Crippen LogP contribution in [0.2, 0.25) is 5.02 Å². The fraction of sp³-hybridized carbons (Fsp3) is 0.273. The number of nitrogens with one attached hydrogen (secondary N) is 2. The second-order valence-electron chi connectivity index (χ2n) is 10.4. The molecule has 43 heavy (non-hydrogen) atoms. The highest BCUT2D eigenvalue weighted by Gasteiger charge is 2.31. The van der Waals surface area contributed by atoms with Crippen molar-refractivity contribution in [1.29, 1.82) is 5.26 Å². The molecule has 3 aromatic rings. The monoisotopic (exact) mass is 610 g/mol. The molecule has 0 aliphatic carbocycles. The van der Waals surface area contributed by atoms with Crippen molar-refractivity contribution >= 4 is 17.5 Å². The predicted molar refractivity (Wildman–Crippen MR) is 162 cm³/mol. The van der Waals surface area contributed by atoms with E-state index in [0.29, 0.717) is 28.9 Å². The van der Waals surface area contributed by atoms with Crippen LogP contribution in [0.25, 0.3) is 0 Å². The number of carbonyl (C=O) groups excluding carboxylic acids is 1. The van der Waals surface area contributed by atoms with Crippen LogP contribution in [0, 0.1) is 11.3 Å². The van der Waals surface area contributed by atoms with E-state index in [1.807, 2.05) is 26.0 Å². The van der Waals surface area contributed by atoms with Crippen molar-refractivity contribution in [1.82, 2.24) is 10.6 Å². The Balaban J connectivity index is 1.63. The van der Waals surface area contributed by atoms with E-state index in [2.05, 4.69) is 23.3 Å². The minimum Gasteiger partial charge on any atom is -0.492 e. The number of nitrogens with two attached hydrogens (primary N) is 1. The van der Waals surface area contributed by atoms with Gasteiger partial charge in [0, 0.05) is 18.1 Å². The number of benzene rings is 3. The van der Waals surface area contributed by atoms with Gasteiger partial charge in [0.15, 0.2) is 0 Å². The summed E-state index contributed by atoms with van der Waals surface area (Å²) >= 11 is 6.36. The number of carbonyl (C=O) groups is 1. The Labute approximate surface area is 255 Å². The molecule has 1 amide bonds. The normalized spacial score (nSPS) is 12.7. The third-order valence-electron chi connectivity index (χ3n) is 6.83. The summed E-state index contributed by atoms with van der Waals surface area (Å²) in [5, 5.41) is 15.5. The minimum absolute atomic E-state index is 0.130. The van der Waals surface area contributed by atoms with Crippen molar-refractivity contribution in [3.8, 4) is 6.07 Å². The van der Waals surface area contributed by atoms with E-state index in [9.17, 15) is 18.0 Å². The fourth-order valence-electron chi connectivity index (χ4n) is 4.24. The molecule has 0 aliphatic heterocycles. The predicted octanol–water partition coefficient (Wildman–Crippen LogP) is 6.64. The summed E-state index contributed by atoms with van der Waals surface area (Å²) in [6.45, 7) is 8.06. The van der Waals surface area contributed by atoms with Crippen molar-refractivity contribution in [3.63, 3.8) is 0 Å². The molecular formula is C33H34ClF3N4O2. The number of hydrogen-bond acceptors (Lipinski definition) is 5. The van der Waals surface area contributed by atoms with E-state index in [-0.39, 0.29) is 42.2 Å². The molecule has 3 rings (SSSR count). The molecule has 0 aliphatic rings. The molecule has 0 radical (unpaired) electrons. The largest absolute Gasteiger partial charge is 0.492 e. The summed E-state index contributed by atoms with van der Waals surface area (Å²) in [5.41, 5.74) is 7.69. The number of amides is 1. The highest BCUT2D eigenvalue weighted by Crippen LogP contribution is 2.31. The molecule has 0 aromatic heterocycles. The summed E-state index contributed by atoms with van der Waals surface area (Å²) in [6, 6.07) is 18.9. The van der Waals surface area contributed by atoms with Crippen molar-refractivity contribution in [3.05, 3.63) is 130 Å². The molecule has 0 heterocycles. The van der Waals surface area contributed by atoms with E-state index in [1.54, 1.807) is 42.5 Å². The summed E-state index contributed by atoms with van der Waals surface area (Å²) in [7, 11) is 0. The third-order valence-corrected chi connectivity index (χ3v) is 7.16. The Morgan fingerprint density at radius 3 is 2.28 bits per heavy atom. The Morgan fingerprint density at radius 1 is 1.07 bits per heavy atom. The van der Waals surface area contributed by atoms with E-state index < -0.39 is 17.3 Å². The van der Waals surface area contributed by atoms with Gasteiger partial charge in [-0.05, 0) is 79.4 Å². The number of rotatable bonds is 13. The van der Waals surface area contributed by atoms with E-state index in [1.165, 1.54) is 12.1 Å². The van der Waals surface area contributed by atoms with Crippen LogP contribution in [0.3, 0.4) is 0 Å². The van der Waals surface area contributed by atoms with Gasteiger partial charge in [0.25, 0.3) is 5.91 Å². The highest BCUT2D eigenvalue weighted by atomic mass is 35.5. The topological polar surface area (TPSA) is 100 Å². The van der Waals surface area contributed by atoms with Gasteiger partial charge < -0.3 is 21.1 Å². The van der Waals surface area contributed by atoms with Gasteiger partial charge in [0.2, 0.25) is 0 Å². The molecule has 0 fully saturated rings. The van der Waals surface area contributed by atoms with Crippen molar-refractivity contribution in [2.45, 2.75) is 44.6 Å². The standard InChI is InChI=1S/C33H34ClF3N4O2/c1-4-5-28(20-40-32(2,3)25-11-13-26(14-12-25)33(35,36)37)43-21-24-10-15-30(34)29(17-24)31(42)41-27(19-39)16-22-6-8-23(18-38)9-7-22/h4-15,17,27,40H,1,16,19-21,39H2,2-3H3,(H,41,42)/b28-5-/t27-/m1/s1. The molecule has 4 N–H and O–H groups in total. The molecule has 1 atom stereocenters. The van der Waals surface area contributed by atoms with Gasteiger partial charge in [-0.3, -0.25) is 4.79 Å². The maximum Gasteiger partial charge on any atom is 0.416 e. The van der Waals surface area contributed by atoms with Gasteiger partial charge in [0.05, 0.1) is 34.3 Å². The maximum atomic E-state index is 13.1. The van der Waals surface area contributed by atoms with Crippen molar-refractivity contribution < 1.29 is 22.7 Å². The van der Waals surface area contributed by atoms with Crippen LogP contribution in [0.15, 0.2) is 91.2 Å². The fourth-order valence-corrected chi connectivity index (χ4v) is 4.45. The number of nitriles is 1. The number of nitrogens with zero attached hydrogens (tertiary/aromatic N) is 1. The lowest BCUT2D eigenvalue weighted by Crippen LogP contribution is -2.41. The van der Waals surface area contributed by atoms with E-state index >= 15 is 0 Å². The second kappa shape index (κ2) is 14.9. The van der Waals surface area contributed by atoms with Gasteiger partial charge in [-0.2, -0.15) is 18.4 Å². The number of allylic oxidation sites excluding steroid dienone is 2. The van der Waals surface area contributed by atoms with Crippen molar-refractivity contribution in [2.75, 3.05) is 13.1 Å². The van der Waals surface area contributed by atoms with Crippen LogP contribution in [0.4, 0.5) is 13.2 Å². The Hall–Kier alpha value is -4.10. The Kier molecular flexibility index (Phi) is 11.6. The van der Waals surface area contributed by atoms with Crippen LogP contribution in [-0.4, -0.2) is 25.0 Å². The van der Waals surface area contributed by atoms with Gasteiger partial charge in [-0.25, -0.2) is 0 Å². The molecule has 0 saturated heterocycles. The van der Waals surface area contributed by atoms with Crippen LogP contribution in [0.5, 0.6) is 0 Å². The van der Waals surface area contributed by atoms with Crippen LogP contribution in [-0.2, 0) is 29.5 Å². The highest BCUT2D eigenvalue weighted by molar-refractivity contribution is 6.33. The van der Waals surface area contributed by atoms with Crippen LogP contribution in [0.1, 0.15) is 52.0 Å². The van der Waals surface area contributed by atoms with E-state index in [0.717, 1.165) is 17.7 Å². The molecule has 0 spiro atoms. The molecule has 3 aromatic carbocycles. The number of hydrogen-bond donors (Lipinski definition) is 3. The molecule has 0 bridgehead atoms. The van der Waals surface area contributed by atoms with Crippen LogP contribution < -0.4 is 16.4 Å². The molecular weight excluding hydrogens is 577 g/mol. The number of ether oxygens (including phenoxy) is 1. The average molecular weight is 611 g/mol. The quantitative estimate of drug-likeness (QED) is 0.149. The van der Waals surface area contributed by atoms with Gasteiger partial charge >= 0.3 is 6.18 Å². The zero-order valence-electron chi connectivity index (χ0n) is 24.0. The molecule has 226 valence electrons. The summed E-state index contributed by atoms with van der Waals surface area (Å²) in [5.74, 6) is 0.166. The van der Waals surface area contributed by atoms with Crippen molar-refractivity contribution in [2.24, 2.45) is 5.73 Å². The average Bonchev–Trinajstić information content (AvgIpc) is 2.98. The smallest absolute Gasteiger partial charge is 0.416 e. The minimum atomic E-state index is -4.40. The van der Waals surface area contributed by atoms with Gasteiger partial charge in [0.1, 0.15) is 12.4 Å². The Bertz CT molecular complexity index is 1480. The first-order valence-electron chi connectivity index (χ1n) is 13.5. The first-order chi connectivity index (χ1) is 20.4. The first-order valence-corrected chi connectivity index (χ1v) is 13.9. The van der Waals surface area contributed by atoms with E-state index in [4.69, 9.17) is 27.3 Å². The summed E-state index contributed by atoms with van der Waals surface area (Å²) in [6.07, 6.45) is -0.651. The first kappa shape index (κ1) is 33.4. The maximum absolute atomic E-state index is 13.1. The second-order valence-corrected chi connectivity index (χ2v) is 10.9. The summed E-state index contributed by atoms with van der Waals surface area (Å²) < 4.78 is 44.9. The van der Waals surface area contributed by atoms with Gasteiger partial charge in [-0.1, -0.05) is 54.6 Å². The lowest BCUT2D eigenvalue weighted by molar-refractivity contribution is -0.137. The van der Waals surface area contributed by atoms with Crippen LogP contribution >= 0.6 is 11.6 Å². The Morgan fingerprint density at radius 2 is 1.70 bits per heavy atom. The zero-order valence-corrected chi connectivity index (χ0v) is 24.7. The lowest BCUT2D eigenvalue weighted by Gasteiger charge is -2.28.